The molecule has 122 heavy (non-hydrogen) atoms. The number of carbonyl (C=O) groups excluding carboxylic acids is 15. The standard InChI is InChI=1S/C78H116N20O24/c1-7-40(4)63(97-68(112)50(26-28-58(81)102)88-60(104)38-86-65(109)41(5)87-66(110)48(80)16-13-31-85-78(83)84)75(119)94-52(32-39(2)3)70(114)92-54(34-44-18-22-46(100)23-19-44)71(115)90-51(27-29-59(82)103)69(113)98-64(42(6)99)76(120)95-55(35-45-20-24-47(101)25-21-45)72(116)93-56(36-61(105)106)74(118)89-49(17-11-12-30-79)67(111)91-53(33-43-14-9-8-10-15-43)73(117)96-57(77(121)122)37-62(107)108/h8-10,14-15,18-25,39-42,48-57,63-64,99-101H,7,11-13,16-17,26-38,79-80H2,1-6H3,(H2,81,102)(H2,82,103)(H,86,109)(H,87,110)(H,88,104)(H,89,118)(H,90,115)(H,91,111)(H,92,114)(H,93,116)(H,94,119)(H,95,120)(H,96,117)(H,97,112)(H,98,113)(H,105,106)(H,107,108)(H,121,122)(H4,83,84,85)/t40-,41-,42+,48-,49-,50-,51-,52-,53-,54-,55-,56-,57-,63-,64-/m0/s1. The van der Waals surface area contributed by atoms with Crippen LogP contribution < -0.4 is 103 Å². The molecule has 15 amide bonds. The average Bonchev–Trinajstić information content (AvgIpc) is 0.845. The summed E-state index contributed by atoms with van der Waals surface area (Å²) in [5, 5.41) is 102. The van der Waals surface area contributed by atoms with E-state index in [1.54, 1.807) is 58.0 Å². The Hall–Kier alpha value is -13.1. The Bertz CT molecular complexity index is 4100. The molecule has 31 N–H and O–H groups in total. The van der Waals surface area contributed by atoms with E-state index in [0.717, 1.165) is 6.92 Å². The number of aliphatic hydroxyl groups is 1. The summed E-state index contributed by atoms with van der Waals surface area (Å²) in [7, 11) is 0. The molecule has 15 atom stereocenters. The van der Waals surface area contributed by atoms with Crippen molar-refractivity contribution in [2.24, 2.45) is 40.5 Å². The Morgan fingerprint density at radius 1 is 0.410 bits per heavy atom. The molecule has 672 valence electrons. The number of amides is 15. The number of primary amides is 2. The Balaban J connectivity index is 2.00. The maximum absolute atomic E-state index is 14.9. The number of nitrogens with two attached hydrogens (primary N) is 5. The second kappa shape index (κ2) is 52.7. The molecule has 44 heteroatoms. The molecule has 3 rings (SSSR count). The SMILES string of the molecule is CC[C@H](C)[C@H](NC(=O)[C@H](CCC(N)=O)NC(=O)CNC(=O)[C@H](C)NC(=O)[C@@H](N)CCCNC(=N)N)C(=O)N[C@@H](CC(C)C)C(=O)N[C@@H](Cc1ccc(O)cc1)C(=O)N[C@@H](CCC(N)=O)C(=O)N[C@H](C(=O)N[C@@H](Cc1ccc(O)cc1)C(=O)N[C@@H](CC(=O)O)C(=O)N[C@@H](CCCCN)C(=O)N[C@@H](Cc1ccccc1)C(=O)N[C@@H](CC(=O)O)C(=O)O)[C@@H](C)O. The predicted molar refractivity (Wildman–Crippen MR) is 435 cm³/mol. The van der Waals surface area contributed by atoms with Gasteiger partial charge in [-0.15, -0.1) is 0 Å². The smallest absolute Gasteiger partial charge is 0.326 e. The molecule has 3 aromatic rings. The van der Waals surface area contributed by atoms with Gasteiger partial charge in [0.05, 0.1) is 31.5 Å². The lowest BCUT2D eigenvalue weighted by atomic mass is 9.96. The van der Waals surface area contributed by atoms with E-state index in [9.17, 15) is 117 Å². The van der Waals surface area contributed by atoms with Crippen molar-refractivity contribution in [3.8, 4) is 11.5 Å². The van der Waals surface area contributed by atoms with Gasteiger partial charge in [-0.1, -0.05) is 88.7 Å². The van der Waals surface area contributed by atoms with E-state index in [-0.39, 0.29) is 86.6 Å². The minimum atomic E-state index is -2.11. The quantitative estimate of drug-likeness (QED) is 0.0142. The van der Waals surface area contributed by atoms with Gasteiger partial charge in [0.2, 0.25) is 88.6 Å². The third kappa shape index (κ3) is 38.7. The van der Waals surface area contributed by atoms with Gasteiger partial charge in [0.15, 0.2) is 5.96 Å². The van der Waals surface area contributed by atoms with E-state index in [0.29, 0.717) is 12.0 Å². The van der Waals surface area contributed by atoms with Gasteiger partial charge in [0.1, 0.15) is 84.0 Å². The van der Waals surface area contributed by atoms with Crippen molar-refractivity contribution in [2.75, 3.05) is 19.6 Å². The molecule has 0 aromatic heterocycles. The van der Waals surface area contributed by atoms with Crippen molar-refractivity contribution < 1.29 is 117 Å². The summed E-state index contributed by atoms with van der Waals surface area (Å²) in [6, 6.07) is -3.72. The van der Waals surface area contributed by atoms with Crippen LogP contribution in [0.5, 0.6) is 11.5 Å². The van der Waals surface area contributed by atoms with E-state index in [1.165, 1.54) is 55.5 Å². The highest BCUT2D eigenvalue weighted by Gasteiger charge is 2.40. The van der Waals surface area contributed by atoms with Crippen molar-refractivity contribution in [2.45, 2.75) is 229 Å². The van der Waals surface area contributed by atoms with Gasteiger partial charge in [0, 0.05) is 38.6 Å². The molecule has 0 aliphatic heterocycles. The molecule has 0 heterocycles. The van der Waals surface area contributed by atoms with E-state index in [4.69, 9.17) is 34.1 Å². The molecule has 0 saturated carbocycles. The van der Waals surface area contributed by atoms with Gasteiger partial charge in [0.25, 0.3) is 0 Å². The summed E-state index contributed by atoms with van der Waals surface area (Å²) < 4.78 is 0. The number of guanidine groups is 1. The fourth-order valence-electron chi connectivity index (χ4n) is 11.9. The maximum Gasteiger partial charge on any atom is 0.326 e. The summed E-state index contributed by atoms with van der Waals surface area (Å²) in [5.74, 6) is -23.0. The van der Waals surface area contributed by atoms with Crippen LogP contribution in [0.1, 0.15) is 142 Å². The van der Waals surface area contributed by atoms with Gasteiger partial charge in [-0.3, -0.25) is 86.9 Å². The van der Waals surface area contributed by atoms with E-state index >= 15 is 0 Å². The van der Waals surface area contributed by atoms with Crippen molar-refractivity contribution in [3.05, 3.63) is 95.6 Å². The Labute approximate surface area is 702 Å². The summed E-state index contributed by atoms with van der Waals surface area (Å²) in [4.78, 5) is 244. The molecule has 0 aliphatic carbocycles. The second-order valence-electron chi connectivity index (χ2n) is 29.6. The zero-order chi connectivity index (χ0) is 91.6. The van der Waals surface area contributed by atoms with Crippen LogP contribution in [-0.2, 0) is 106 Å². The number of hydrogen-bond acceptors (Lipinski definition) is 24. The van der Waals surface area contributed by atoms with Gasteiger partial charge in [-0.05, 0) is 125 Å². The summed E-state index contributed by atoms with van der Waals surface area (Å²) in [6.45, 7) is 8.51. The van der Waals surface area contributed by atoms with Crippen LogP contribution in [0.15, 0.2) is 78.9 Å². The summed E-state index contributed by atoms with van der Waals surface area (Å²) in [5.41, 5.74) is 28.8. The number of carbonyl (C=O) groups is 18. The van der Waals surface area contributed by atoms with Crippen LogP contribution in [0.25, 0.3) is 0 Å². The number of aliphatic hydroxyl groups excluding tert-OH is 1. The number of carboxylic acids is 3. The highest BCUT2D eigenvalue weighted by atomic mass is 16.4. The average molecular weight is 1720 g/mol. The molecule has 0 spiro atoms. The fourth-order valence-corrected chi connectivity index (χ4v) is 11.9. The van der Waals surface area contributed by atoms with Crippen LogP contribution in [0.4, 0.5) is 0 Å². The summed E-state index contributed by atoms with van der Waals surface area (Å²) >= 11 is 0. The third-order valence-electron chi connectivity index (χ3n) is 18.9. The first-order valence-corrected chi connectivity index (χ1v) is 39.4. The van der Waals surface area contributed by atoms with Crippen molar-refractivity contribution in [1.82, 2.24) is 74.4 Å². The highest BCUT2D eigenvalue weighted by Crippen LogP contribution is 2.18. The molecule has 44 nitrogen and oxygen atoms in total. The minimum absolute atomic E-state index is 0.0790. The van der Waals surface area contributed by atoms with E-state index in [2.05, 4.69) is 74.4 Å². The fraction of sp³-hybridized carbons (Fsp3) is 0.526. The third-order valence-corrected chi connectivity index (χ3v) is 18.9. The number of nitrogens with one attached hydrogen (secondary N) is 15. The lowest BCUT2D eigenvalue weighted by Gasteiger charge is -2.30. The summed E-state index contributed by atoms with van der Waals surface area (Å²) in [6.07, 6.45) is -6.95. The normalized spacial score (nSPS) is 14.7. The largest absolute Gasteiger partial charge is 0.508 e. The Morgan fingerprint density at radius 2 is 0.803 bits per heavy atom. The first-order valence-electron chi connectivity index (χ1n) is 39.4. The molecule has 0 bridgehead atoms. The number of phenols is 2. The zero-order valence-electron chi connectivity index (χ0n) is 68.6. The van der Waals surface area contributed by atoms with Crippen LogP contribution in [-0.4, -0.2) is 247 Å². The maximum atomic E-state index is 14.9. The number of unbranched alkanes of at least 4 members (excludes halogenated alkanes) is 1. The Kier molecular flexibility index (Phi) is 44.5. The predicted octanol–water partition coefficient (Wildman–Crippen LogP) is -6.16. The number of phenolic OH excluding ortho intramolecular Hbond substituents is 2. The molecular weight excluding hydrogens is 1600 g/mol. The monoisotopic (exact) mass is 1720 g/mol. The van der Waals surface area contributed by atoms with Crippen molar-refractivity contribution in [3.63, 3.8) is 0 Å². The molecule has 0 unspecified atom stereocenters. The van der Waals surface area contributed by atoms with Crippen LogP contribution in [0, 0.1) is 17.2 Å². The van der Waals surface area contributed by atoms with Crippen molar-refractivity contribution >= 4 is 112 Å². The number of hydrogen-bond donors (Lipinski definition) is 26. The zero-order valence-corrected chi connectivity index (χ0v) is 68.6. The molecular formula is C78H116N20O24. The molecule has 0 saturated heterocycles. The highest BCUT2D eigenvalue weighted by molar-refractivity contribution is 6.01. The first-order chi connectivity index (χ1) is 57.4. The van der Waals surface area contributed by atoms with E-state index in [1.807, 2.05) is 0 Å². The lowest BCUT2D eigenvalue weighted by molar-refractivity contribution is -0.147. The minimum Gasteiger partial charge on any atom is -0.508 e. The molecule has 0 aliphatic rings. The number of aliphatic carboxylic acids is 3. The van der Waals surface area contributed by atoms with Crippen LogP contribution in [0.3, 0.4) is 0 Å². The molecule has 3 aromatic carbocycles. The van der Waals surface area contributed by atoms with Crippen LogP contribution >= 0.6 is 0 Å². The Morgan fingerprint density at radius 3 is 1.25 bits per heavy atom. The van der Waals surface area contributed by atoms with Gasteiger partial charge < -0.3 is 134 Å². The van der Waals surface area contributed by atoms with Gasteiger partial charge in [-0.25, -0.2) is 4.79 Å². The van der Waals surface area contributed by atoms with E-state index < -0.39 is 261 Å². The number of carboxylic acid groups (broad SMARTS) is 3. The van der Waals surface area contributed by atoms with Gasteiger partial charge >= 0.3 is 17.9 Å². The second-order valence-corrected chi connectivity index (χ2v) is 29.6. The van der Waals surface area contributed by atoms with Gasteiger partial charge in [-0.2, -0.15) is 0 Å². The molecule has 0 fully saturated rings. The molecule has 0 radical (unpaired) electrons. The number of aromatic hydroxyl groups is 2. The number of benzene rings is 3. The first kappa shape index (κ1) is 103. The topological polar surface area (TPSA) is 751 Å². The van der Waals surface area contributed by atoms with Crippen LogP contribution in [0.2, 0.25) is 0 Å². The number of rotatable bonds is 56. The lowest BCUT2D eigenvalue weighted by Crippen LogP contribution is -2.62. The van der Waals surface area contributed by atoms with Crippen molar-refractivity contribution in [1.29, 1.82) is 5.41 Å².